The van der Waals surface area contributed by atoms with E-state index in [1.54, 1.807) is 7.11 Å². The van der Waals surface area contributed by atoms with Gasteiger partial charge in [0.1, 0.15) is 5.69 Å². The minimum absolute atomic E-state index is 0.0227. The van der Waals surface area contributed by atoms with Gasteiger partial charge in [0.05, 0.1) is 25.5 Å². The highest BCUT2D eigenvalue weighted by Gasteiger charge is 2.43. The Bertz CT molecular complexity index is 1030. The summed E-state index contributed by atoms with van der Waals surface area (Å²) < 4.78 is 11.2. The van der Waals surface area contributed by atoms with E-state index in [4.69, 9.17) is 9.47 Å². The van der Waals surface area contributed by atoms with Crippen LogP contribution in [-0.2, 0) is 0 Å². The molecular formula is C23H25N3O3. The monoisotopic (exact) mass is 391 g/mol. The number of fused-ring (bicyclic) bond motifs is 1. The standard InChI is InChI=1S/C23H25N3O3/c1-5-29-17-12-11-16(13-18(17)28-4)22-19-20(15-9-7-6-8-10-15)24-25-21(19)23(27)26(22)14(2)3/h6-14,22H,5H2,1-4H3,(H,24,25). The Balaban J connectivity index is 1.89. The number of nitrogens with zero attached hydrogens (tertiary/aromatic N) is 2. The zero-order chi connectivity index (χ0) is 20.5. The van der Waals surface area contributed by atoms with Gasteiger partial charge in [-0.1, -0.05) is 36.4 Å². The van der Waals surface area contributed by atoms with Crippen molar-refractivity contribution in [3.8, 4) is 22.8 Å². The van der Waals surface area contributed by atoms with Crippen molar-refractivity contribution in [2.24, 2.45) is 0 Å². The van der Waals surface area contributed by atoms with Gasteiger partial charge in [-0.15, -0.1) is 0 Å². The number of rotatable bonds is 6. The lowest BCUT2D eigenvalue weighted by Crippen LogP contribution is -2.35. The summed E-state index contributed by atoms with van der Waals surface area (Å²) >= 11 is 0. The Kier molecular flexibility index (Phi) is 5.01. The van der Waals surface area contributed by atoms with Gasteiger partial charge in [0.25, 0.3) is 5.91 Å². The number of carbonyl (C=O) groups is 1. The predicted octanol–water partition coefficient (Wildman–Crippen LogP) is 4.44. The molecule has 150 valence electrons. The zero-order valence-corrected chi connectivity index (χ0v) is 17.1. The van der Waals surface area contributed by atoms with Crippen LogP contribution in [-0.4, -0.2) is 40.8 Å². The van der Waals surface area contributed by atoms with Crippen LogP contribution >= 0.6 is 0 Å². The highest BCUT2D eigenvalue weighted by atomic mass is 16.5. The van der Waals surface area contributed by atoms with Crippen LogP contribution in [0.5, 0.6) is 11.5 Å². The third-order valence-electron chi connectivity index (χ3n) is 5.21. The van der Waals surface area contributed by atoms with Crippen molar-refractivity contribution in [1.82, 2.24) is 15.1 Å². The van der Waals surface area contributed by atoms with E-state index in [1.807, 2.05) is 74.2 Å². The van der Waals surface area contributed by atoms with Gasteiger partial charge in [-0.25, -0.2) is 0 Å². The molecule has 0 spiro atoms. The molecule has 1 aliphatic rings. The molecule has 4 rings (SSSR count). The molecule has 0 bridgehead atoms. The summed E-state index contributed by atoms with van der Waals surface area (Å²) in [5.74, 6) is 1.30. The molecule has 0 fully saturated rings. The molecule has 1 aromatic heterocycles. The second kappa shape index (κ2) is 7.62. The quantitative estimate of drug-likeness (QED) is 0.675. The Labute approximate surface area is 170 Å². The van der Waals surface area contributed by atoms with Gasteiger partial charge in [-0.2, -0.15) is 5.10 Å². The van der Waals surface area contributed by atoms with E-state index in [1.165, 1.54) is 0 Å². The Morgan fingerprint density at radius 1 is 1.14 bits per heavy atom. The lowest BCUT2D eigenvalue weighted by atomic mass is 9.95. The summed E-state index contributed by atoms with van der Waals surface area (Å²) in [6, 6.07) is 15.6. The Morgan fingerprint density at radius 2 is 1.90 bits per heavy atom. The van der Waals surface area contributed by atoms with Gasteiger partial charge < -0.3 is 14.4 Å². The van der Waals surface area contributed by atoms with E-state index in [9.17, 15) is 4.79 Å². The number of H-pyrrole nitrogens is 1. The van der Waals surface area contributed by atoms with Crippen LogP contribution in [0.25, 0.3) is 11.3 Å². The maximum absolute atomic E-state index is 13.2. The summed E-state index contributed by atoms with van der Waals surface area (Å²) in [5.41, 5.74) is 4.20. The van der Waals surface area contributed by atoms with E-state index in [0.717, 1.165) is 22.4 Å². The number of aromatic amines is 1. The molecule has 0 saturated heterocycles. The number of aromatic nitrogens is 2. The molecular weight excluding hydrogens is 366 g/mol. The van der Waals surface area contributed by atoms with Crippen LogP contribution < -0.4 is 9.47 Å². The predicted molar refractivity (Wildman–Crippen MR) is 111 cm³/mol. The maximum atomic E-state index is 13.2. The fourth-order valence-corrected chi connectivity index (χ4v) is 3.97. The van der Waals surface area contributed by atoms with Gasteiger partial charge >= 0.3 is 0 Å². The van der Waals surface area contributed by atoms with E-state index in [2.05, 4.69) is 10.2 Å². The minimum Gasteiger partial charge on any atom is -0.493 e. The Morgan fingerprint density at radius 3 is 2.55 bits per heavy atom. The van der Waals surface area contributed by atoms with Gasteiger partial charge in [-0.05, 0) is 38.5 Å². The molecule has 2 heterocycles. The average Bonchev–Trinajstić information content (AvgIpc) is 3.28. The second-order valence-electron chi connectivity index (χ2n) is 7.28. The number of amides is 1. The van der Waals surface area contributed by atoms with E-state index in [-0.39, 0.29) is 18.0 Å². The van der Waals surface area contributed by atoms with Crippen LogP contribution in [0.3, 0.4) is 0 Å². The molecule has 6 heteroatoms. The highest BCUT2D eigenvalue weighted by Crippen LogP contribution is 2.45. The fraction of sp³-hybridized carbons (Fsp3) is 0.304. The topological polar surface area (TPSA) is 67.5 Å². The minimum atomic E-state index is -0.254. The van der Waals surface area contributed by atoms with Gasteiger partial charge in [0, 0.05) is 17.2 Å². The van der Waals surface area contributed by atoms with Crippen LogP contribution in [0.4, 0.5) is 0 Å². The number of hydrogen-bond donors (Lipinski definition) is 1. The van der Waals surface area contributed by atoms with Gasteiger partial charge in [0.2, 0.25) is 0 Å². The summed E-state index contributed by atoms with van der Waals surface area (Å²) in [5, 5.41) is 7.47. The molecule has 1 N–H and O–H groups in total. The number of methoxy groups -OCH3 is 1. The maximum Gasteiger partial charge on any atom is 0.273 e. The second-order valence-corrected chi connectivity index (χ2v) is 7.28. The van der Waals surface area contributed by atoms with Crippen molar-refractivity contribution >= 4 is 5.91 Å². The van der Waals surface area contributed by atoms with Crippen LogP contribution in [0, 0.1) is 0 Å². The fourth-order valence-electron chi connectivity index (χ4n) is 3.97. The molecule has 3 aromatic rings. The van der Waals surface area contributed by atoms with Crippen molar-refractivity contribution in [2.45, 2.75) is 32.9 Å². The third-order valence-corrected chi connectivity index (χ3v) is 5.21. The number of benzene rings is 2. The zero-order valence-electron chi connectivity index (χ0n) is 17.1. The first-order valence-electron chi connectivity index (χ1n) is 9.83. The average molecular weight is 391 g/mol. The van der Waals surface area contributed by atoms with Gasteiger partial charge in [0.15, 0.2) is 11.5 Å². The first-order chi connectivity index (χ1) is 14.1. The molecule has 1 aliphatic heterocycles. The number of carbonyl (C=O) groups excluding carboxylic acids is 1. The van der Waals surface area contributed by atoms with E-state index < -0.39 is 0 Å². The molecule has 2 aromatic carbocycles. The largest absolute Gasteiger partial charge is 0.493 e. The van der Waals surface area contributed by atoms with E-state index in [0.29, 0.717) is 23.8 Å². The van der Waals surface area contributed by atoms with Crippen molar-refractivity contribution in [2.75, 3.05) is 13.7 Å². The summed E-state index contributed by atoms with van der Waals surface area (Å²) in [4.78, 5) is 15.1. The van der Waals surface area contributed by atoms with E-state index >= 15 is 0 Å². The van der Waals surface area contributed by atoms with Crippen molar-refractivity contribution in [1.29, 1.82) is 0 Å². The Hall–Kier alpha value is -3.28. The summed E-state index contributed by atoms with van der Waals surface area (Å²) in [6.45, 7) is 6.55. The molecule has 1 amide bonds. The number of nitrogens with one attached hydrogen (secondary N) is 1. The molecule has 1 atom stereocenters. The molecule has 0 saturated carbocycles. The van der Waals surface area contributed by atoms with Crippen molar-refractivity contribution in [3.63, 3.8) is 0 Å². The molecule has 0 radical (unpaired) electrons. The first kappa shape index (κ1) is 19.1. The highest BCUT2D eigenvalue weighted by molar-refractivity contribution is 6.00. The lowest BCUT2D eigenvalue weighted by Gasteiger charge is -2.30. The smallest absolute Gasteiger partial charge is 0.273 e. The molecule has 1 unspecified atom stereocenters. The summed E-state index contributed by atoms with van der Waals surface area (Å²) in [6.07, 6.45) is 0. The first-order valence-corrected chi connectivity index (χ1v) is 9.83. The van der Waals surface area contributed by atoms with Gasteiger partial charge in [-0.3, -0.25) is 9.89 Å². The van der Waals surface area contributed by atoms with Crippen LogP contribution in [0.15, 0.2) is 48.5 Å². The lowest BCUT2D eigenvalue weighted by molar-refractivity contribution is 0.0687. The number of hydrogen-bond acceptors (Lipinski definition) is 4. The SMILES string of the molecule is CCOc1ccc(C2c3c(-c4ccccc4)n[nH]c3C(=O)N2C(C)C)cc1OC. The molecule has 6 nitrogen and oxygen atoms in total. The summed E-state index contributed by atoms with van der Waals surface area (Å²) in [7, 11) is 1.63. The number of ether oxygens (including phenoxy) is 2. The van der Waals surface area contributed by atoms with Crippen LogP contribution in [0.1, 0.15) is 48.4 Å². The van der Waals surface area contributed by atoms with Crippen LogP contribution in [0.2, 0.25) is 0 Å². The molecule has 29 heavy (non-hydrogen) atoms. The normalized spacial score (nSPS) is 15.7. The third kappa shape index (κ3) is 3.14. The molecule has 0 aliphatic carbocycles. The van der Waals surface area contributed by atoms with Crippen molar-refractivity contribution in [3.05, 3.63) is 65.4 Å². The van der Waals surface area contributed by atoms with Crippen molar-refractivity contribution < 1.29 is 14.3 Å².